The van der Waals surface area contributed by atoms with Crippen LogP contribution in [-0.4, -0.2) is 5.16 Å². The van der Waals surface area contributed by atoms with E-state index in [1.165, 1.54) is 12.1 Å². The van der Waals surface area contributed by atoms with Gasteiger partial charge in [0.25, 0.3) is 0 Å². The lowest BCUT2D eigenvalue weighted by Crippen LogP contribution is -1.89. The first-order valence-corrected chi connectivity index (χ1v) is 7.48. The molecule has 21 heavy (non-hydrogen) atoms. The summed E-state index contributed by atoms with van der Waals surface area (Å²) in [6, 6.07) is 11.9. The molecule has 0 amide bonds. The number of aromatic nitrogens is 1. The Kier molecular flexibility index (Phi) is 3.86. The van der Waals surface area contributed by atoms with Crippen LogP contribution in [0.5, 0.6) is 0 Å². The minimum absolute atomic E-state index is 0.150. The molecule has 3 aromatic rings. The van der Waals surface area contributed by atoms with Gasteiger partial charge in [-0.3, -0.25) is 0 Å². The summed E-state index contributed by atoms with van der Waals surface area (Å²) in [5.74, 6) is -0.258. The quantitative estimate of drug-likeness (QED) is 0.601. The summed E-state index contributed by atoms with van der Waals surface area (Å²) in [5.41, 5.74) is 8.46. The molecule has 2 aromatic carbocycles. The fraction of sp³-hybridized carbons (Fsp3) is 0. The molecule has 0 radical (unpaired) electrons. The average Bonchev–Trinajstić information content (AvgIpc) is 2.82. The van der Waals surface area contributed by atoms with Gasteiger partial charge in [0.1, 0.15) is 11.5 Å². The van der Waals surface area contributed by atoms with Crippen LogP contribution in [0.2, 0.25) is 5.02 Å². The second-order valence-electron chi connectivity index (χ2n) is 4.40. The third-order valence-corrected chi connectivity index (χ3v) is 4.07. The van der Waals surface area contributed by atoms with E-state index in [9.17, 15) is 4.39 Å². The molecule has 3 rings (SSSR count). The van der Waals surface area contributed by atoms with Crippen LogP contribution in [0.1, 0.15) is 0 Å². The van der Waals surface area contributed by atoms with Crippen molar-refractivity contribution in [3.8, 4) is 22.4 Å². The van der Waals surface area contributed by atoms with Gasteiger partial charge in [0.05, 0.1) is 10.6 Å². The van der Waals surface area contributed by atoms with Gasteiger partial charge in [-0.25, -0.2) is 4.39 Å². The molecule has 6 heteroatoms. The van der Waals surface area contributed by atoms with Crippen molar-refractivity contribution in [3.63, 3.8) is 0 Å². The maximum absolute atomic E-state index is 13.2. The van der Waals surface area contributed by atoms with Crippen molar-refractivity contribution in [2.75, 3.05) is 5.73 Å². The lowest BCUT2D eigenvalue weighted by Gasteiger charge is -2.05. The molecular formula is C15H9ClFIN2O. The van der Waals surface area contributed by atoms with Gasteiger partial charge in [-0.1, -0.05) is 28.9 Å². The highest BCUT2D eigenvalue weighted by molar-refractivity contribution is 14.1. The van der Waals surface area contributed by atoms with Crippen LogP contribution >= 0.6 is 34.2 Å². The van der Waals surface area contributed by atoms with Crippen LogP contribution in [-0.2, 0) is 0 Å². The maximum atomic E-state index is 13.2. The lowest BCUT2D eigenvalue weighted by molar-refractivity contribution is 0.439. The van der Waals surface area contributed by atoms with Crippen molar-refractivity contribution < 1.29 is 8.91 Å². The van der Waals surface area contributed by atoms with Crippen molar-refractivity contribution in [1.82, 2.24) is 5.16 Å². The van der Waals surface area contributed by atoms with Crippen LogP contribution in [0.25, 0.3) is 22.4 Å². The third-order valence-electron chi connectivity index (χ3n) is 3.04. The maximum Gasteiger partial charge on any atom is 0.230 e. The third kappa shape index (κ3) is 2.75. The number of rotatable bonds is 2. The molecule has 0 saturated carbocycles. The van der Waals surface area contributed by atoms with Gasteiger partial charge in [-0.15, -0.1) is 0 Å². The Balaban J connectivity index is 2.19. The Morgan fingerprint density at radius 3 is 2.52 bits per heavy atom. The molecule has 0 saturated heterocycles. The van der Waals surface area contributed by atoms with E-state index in [0.29, 0.717) is 16.8 Å². The molecule has 106 valence electrons. The summed E-state index contributed by atoms with van der Waals surface area (Å²) < 4.78 is 19.4. The SMILES string of the molecule is Nc1onc(-c2ccc(I)cc2)c1-c1ccc(F)cc1Cl. The van der Waals surface area contributed by atoms with Gasteiger partial charge < -0.3 is 10.3 Å². The Morgan fingerprint density at radius 2 is 1.86 bits per heavy atom. The zero-order valence-electron chi connectivity index (χ0n) is 10.6. The van der Waals surface area contributed by atoms with Crippen molar-refractivity contribution in [1.29, 1.82) is 0 Å². The number of nitrogens with zero attached hydrogens (tertiary/aromatic N) is 1. The predicted molar refractivity (Wildman–Crippen MR) is 89.5 cm³/mol. The highest BCUT2D eigenvalue weighted by atomic mass is 127. The zero-order chi connectivity index (χ0) is 15.0. The zero-order valence-corrected chi connectivity index (χ0v) is 13.5. The van der Waals surface area contributed by atoms with E-state index in [-0.39, 0.29) is 10.9 Å². The molecule has 0 aliphatic rings. The summed E-state index contributed by atoms with van der Waals surface area (Å²) in [4.78, 5) is 0. The van der Waals surface area contributed by atoms with Gasteiger partial charge >= 0.3 is 0 Å². The summed E-state index contributed by atoms with van der Waals surface area (Å²) in [6.45, 7) is 0. The minimum Gasteiger partial charge on any atom is -0.367 e. The van der Waals surface area contributed by atoms with Gasteiger partial charge in [0, 0.05) is 14.7 Å². The molecule has 1 aromatic heterocycles. The first-order valence-electron chi connectivity index (χ1n) is 6.03. The Labute approximate surface area is 139 Å². The predicted octanol–water partition coefficient (Wildman–Crippen LogP) is 4.99. The number of halogens is 3. The second-order valence-corrected chi connectivity index (χ2v) is 6.05. The van der Waals surface area contributed by atoms with E-state index in [4.69, 9.17) is 21.9 Å². The van der Waals surface area contributed by atoms with E-state index in [2.05, 4.69) is 27.7 Å². The Hall–Kier alpha value is -1.60. The standard InChI is InChI=1S/C15H9ClFIN2O/c16-12-7-9(17)3-6-11(12)13-14(20-21-15(13)19)8-1-4-10(18)5-2-8/h1-7H,19H2. The average molecular weight is 415 g/mol. The van der Waals surface area contributed by atoms with Crippen molar-refractivity contribution in [2.24, 2.45) is 0 Å². The molecule has 2 N–H and O–H groups in total. The van der Waals surface area contributed by atoms with Gasteiger partial charge in [0.15, 0.2) is 0 Å². The van der Waals surface area contributed by atoms with Crippen LogP contribution in [0.4, 0.5) is 10.3 Å². The molecule has 0 atom stereocenters. The normalized spacial score (nSPS) is 10.8. The number of nitrogens with two attached hydrogens (primary N) is 1. The highest BCUT2D eigenvalue weighted by Crippen LogP contribution is 2.39. The van der Waals surface area contributed by atoms with E-state index in [1.54, 1.807) is 6.07 Å². The smallest absolute Gasteiger partial charge is 0.230 e. The number of hydrogen-bond donors (Lipinski definition) is 1. The van der Waals surface area contributed by atoms with Crippen LogP contribution in [0.15, 0.2) is 47.0 Å². The Bertz CT molecular complexity index is 802. The van der Waals surface area contributed by atoms with Gasteiger partial charge in [0.2, 0.25) is 5.88 Å². The largest absolute Gasteiger partial charge is 0.367 e. The molecule has 0 aliphatic carbocycles. The number of nitrogen functional groups attached to an aromatic ring is 1. The van der Waals surface area contributed by atoms with Crippen LogP contribution in [0.3, 0.4) is 0 Å². The molecule has 0 bridgehead atoms. The molecular weight excluding hydrogens is 406 g/mol. The first kappa shape index (κ1) is 14.3. The van der Waals surface area contributed by atoms with Crippen molar-refractivity contribution >= 4 is 40.1 Å². The highest BCUT2D eigenvalue weighted by Gasteiger charge is 2.19. The second kappa shape index (κ2) is 5.65. The molecule has 1 heterocycles. The van der Waals surface area contributed by atoms with E-state index >= 15 is 0 Å². The lowest BCUT2D eigenvalue weighted by atomic mass is 10.0. The summed E-state index contributed by atoms with van der Waals surface area (Å²) in [7, 11) is 0. The van der Waals surface area contributed by atoms with E-state index < -0.39 is 5.82 Å². The first-order chi connectivity index (χ1) is 10.1. The molecule has 0 aliphatic heterocycles. The molecule has 0 unspecified atom stereocenters. The minimum atomic E-state index is -0.408. The Morgan fingerprint density at radius 1 is 1.14 bits per heavy atom. The van der Waals surface area contributed by atoms with Crippen molar-refractivity contribution in [2.45, 2.75) is 0 Å². The van der Waals surface area contributed by atoms with E-state index in [1.807, 2.05) is 24.3 Å². The monoisotopic (exact) mass is 414 g/mol. The van der Waals surface area contributed by atoms with E-state index in [0.717, 1.165) is 9.13 Å². The fourth-order valence-electron chi connectivity index (χ4n) is 2.06. The number of anilines is 1. The molecule has 0 spiro atoms. The number of benzene rings is 2. The van der Waals surface area contributed by atoms with Gasteiger partial charge in [-0.2, -0.15) is 0 Å². The summed E-state index contributed by atoms with van der Waals surface area (Å²) in [6.07, 6.45) is 0. The fourth-order valence-corrected chi connectivity index (χ4v) is 2.68. The van der Waals surface area contributed by atoms with Crippen molar-refractivity contribution in [3.05, 3.63) is 56.9 Å². The number of hydrogen-bond acceptors (Lipinski definition) is 3. The molecule has 3 nitrogen and oxygen atoms in total. The summed E-state index contributed by atoms with van der Waals surface area (Å²) in [5, 5.41) is 4.26. The topological polar surface area (TPSA) is 52.0 Å². The molecule has 0 fully saturated rings. The van der Waals surface area contributed by atoms with Crippen LogP contribution in [0, 0.1) is 9.39 Å². The van der Waals surface area contributed by atoms with Crippen LogP contribution < -0.4 is 5.73 Å². The van der Waals surface area contributed by atoms with Gasteiger partial charge in [-0.05, 0) is 52.9 Å². The summed E-state index contributed by atoms with van der Waals surface area (Å²) >= 11 is 8.33.